The van der Waals surface area contributed by atoms with Gasteiger partial charge in [-0.25, -0.2) is 14.2 Å². The zero-order chi connectivity index (χ0) is 21.5. The van der Waals surface area contributed by atoms with Gasteiger partial charge in [-0.15, -0.1) is 0 Å². The summed E-state index contributed by atoms with van der Waals surface area (Å²) in [5.41, 5.74) is 4.02. The third-order valence-corrected chi connectivity index (χ3v) is 5.69. The molecule has 0 radical (unpaired) electrons. The summed E-state index contributed by atoms with van der Waals surface area (Å²) in [5, 5.41) is 17.5. The Bertz CT molecular complexity index is 1200. The molecule has 1 saturated heterocycles. The smallest absolute Gasteiger partial charge is 0.326 e. The topological polar surface area (TPSA) is 88.8 Å². The Morgan fingerprint density at radius 2 is 2.13 bits per heavy atom. The van der Waals surface area contributed by atoms with Gasteiger partial charge in [0.1, 0.15) is 5.82 Å². The van der Waals surface area contributed by atoms with Crippen molar-refractivity contribution < 1.29 is 14.0 Å². The van der Waals surface area contributed by atoms with Crippen LogP contribution in [0.4, 0.5) is 14.9 Å². The molecule has 8 heteroatoms. The molecular weight excluding hydrogens is 397 g/mol. The standard InChI is InChI=1S/C23H18FN5O2/c24-19-8-18-10-22(30)27-20(18)9-17(19)7-15-12-28(13-15)23(31)29-21(4-5-26-29)16-3-1-2-14(6-16)11-25/h1-3,5-9,21H,4,10,12-13H2,(H,27,30)/t21-/m0/s1. The van der Waals surface area contributed by atoms with Crippen molar-refractivity contribution in [3.8, 4) is 6.07 Å². The van der Waals surface area contributed by atoms with E-state index in [1.165, 1.54) is 11.1 Å². The van der Waals surface area contributed by atoms with Crippen LogP contribution < -0.4 is 5.32 Å². The number of hydrogen-bond donors (Lipinski definition) is 1. The number of rotatable bonds is 2. The molecule has 3 amide bonds. The van der Waals surface area contributed by atoms with Gasteiger partial charge in [-0.05, 0) is 47.0 Å². The maximum atomic E-state index is 14.4. The predicted molar refractivity (Wildman–Crippen MR) is 113 cm³/mol. The lowest BCUT2D eigenvalue weighted by molar-refractivity contribution is -0.115. The molecule has 31 heavy (non-hydrogen) atoms. The van der Waals surface area contributed by atoms with Crippen molar-refractivity contribution in [1.82, 2.24) is 9.91 Å². The Balaban J connectivity index is 1.28. The number of carbonyl (C=O) groups excluding carboxylic acids is 2. The van der Waals surface area contributed by atoms with Gasteiger partial charge in [0.25, 0.3) is 0 Å². The first-order valence-electron chi connectivity index (χ1n) is 9.94. The van der Waals surface area contributed by atoms with Gasteiger partial charge in [-0.1, -0.05) is 12.1 Å². The van der Waals surface area contributed by atoms with E-state index in [-0.39, 0.29) is 30.2 Å². The summed E-state index contributed by atoms with van der Waals surface area (Å²) in [6.45, 7) is 0.775. The number of carbonyl (C=O) groups is 2. The quantitative estimate of drug-likeness (QED) is 0.815. The second kappa shape index (κ2) is 7.36. The normalized spacial score (nSPS) is 19.0. The summed E-state index contributed by atoms with van der Waals surface area (Å²) in [5.74, 6) is -0.519. The number of fused-ring (bicyclic) bond motifs is 1. The van der Waals surface area contributed by atoms with Crippen LogP contribution in [-0.2, 0) is 11.2 Å². The molecule has 0 bridgehead atoms. The molecule has 0 aromatic heterocycles. The number of urea groups is 1. The van der Waals surface area contributed by atoms with Crippen LogP contribution in [0.25, 0.3) is 6.08 Å². The first-order valence-corrected chi connectivity index (χ1v) is 9.94. The molecule has 2 aromatic carbocycles. The highest BCUT2D eigenvalue weighted by Gasteiger charge is 2.35. The third kappa shape index (κ3) is 3.44. The number of hydrazone groups is 1. The van der Waals surface area contributed by atoms with Gasteiger partial charge < -0.3 is 10.2 Å². The number of likely N-dealkylation sites (tertiary alicyclic amines) is 1. The minimum Gasteiger partial charge on any atom is -0.326 e. The lowest BCUT2D eigenvalue weighted by Crippen LogP contribution is -2.49. The van der Waals surface area contributed by atoms with Crippen molar-refractivity contribution in [3.63, 3.8) is 0 Å². The summed E-state index contributed by atoms with van der Waals surface area (Å²) in [7, 11) is 0. The highest BCUT2D eigenvalue weighted by Crippen LogP contribution is 2.32. The lowest BCUT2D eigenvalue weighted by Gasteiger charge is -2.37. The monoisotopic (exact) mass is 415 g/mol. The van der Waals surface area contributed by atoms with Crippen molar-refractivity contribution >= 4 is 29.9 Å². The maximum absolute atomic E-state index is 14.4. The van der Waals surface area contributed by atoms with E-state index >= 15 is 0 Å². The summed E-state index contributed by atoms with van der Waals surface area (Å²) < 4.78 is 14.4. The third-order valence-electron chi connectivity index (χ3n) is 5.69. The van der Waals surface area contributed by atoms with Crippen molar-refractivity contribution in [2.75, 3.05) is 18.4 Å². The lowest BCUT2D eigenvalue weighted by atomic mass is 10.0. The fraction of sp³-hybridized carbons (Fsp3) is 0.217. The molecular formula is C23H18FN5O2. The molecule has 0 aliphatic carbocycles. The van der Waals surface area contributed by atoms with E-state index in [1.807, 2.05) is 6.07 Å². The molecule has 1 atom stereocenters. The van der Waals surface area contributed by atoms with Crippen LogP contribution in [0.15, 0.2) is 47.1 Å². The van der Waals surface area contributed by atoms with Gasteiger partial charge in [0.2, 0.25) is 5.91 Å². The fourth-order valence-electron chi connectivity index (χ4n) is 4.10. The molecule has 0 saturated carbocycles. The van der Waals surface area contributed by atoms with Crippen LogP contribution >= 0.6 is 0 Å². The minimum atomic E-state index is -0.380. The van der Waals surface area contributed by atoms with Crippen LogP contribution in [0, 0.1) is 17.1 Å². The number of nitrogens with zero attached hydrogens (tertiary/aromatic N) is 4. The van der Waals surface area contributed by atoms with Gasteiger partial charge in [-0.2, -0.15) is 10.4 Å². The van der Waals surface area contributed by atoms with Crippen LogP contribution in [0.1, 0.15) is 34.7 Å². The summed E-state index contributed by atoms with van der Waals surface area (Å²) in [4.78, 5) is 26.1. The summed E-state index contributed by atoms with van der Waals surface area (Å²) in [6, 6.07) is 11.9. The highest BCUT2D eigenvalue weighted by molar-refractivity contribution is 5.99. The summed E-state index contributed by atoms with van der Waals surface area (Å²) >= 11 is 0. The van der Waals surface area contributed by atoms with E-state index in [1.54, 1.807) is 41.5 Å². The van der Waals surface area contributed by atoms with E-state index in [2.05, 4.69) is 16.5 Å². The largest absolute Gasteiger partial charge is 0.341 e. The SMILES string of the molecule is N#Cc1cccc([C@@H]2CC=NN2C(=O)N2CC(=Cc3cc4c(cc3F)CC(=O)N4)C2)c1. The second-order valence-corrected chi connectivity index (χ2v) is 7.83. The van der Waals surface area contributed by atoms with Gasteiger partial charge in [-0.3, -0.25) is 4.79 Å². The average molecular weight is 415 g/mol. The van der Waals surface area contributed by atoms with Crippen molar-refractivity contribution in [2.45, 2.75) is 18.9 Å². The number of nitriles is 1. The number of benzene rings is 2. The zero-order valence-electron chi connectivity index (χ0n) is 16.5. The average Bonchev–Trinajstić information content (AvgIpc) is 3.35. The van der Waals surface area contributed by atoms with E-state index in [0.29, 0.717) is 41.9 Å². The van der Waals surface area contributed by atoms with Crippen LogP contribution in [0.2, 0.25) is 0 Å². The Kier molecular flexibility index (Phi) is 4.51. The first-order chi connectivity index (χ1) is 15.0. The molecule has 0 spiro atoms. The van der Waals surface area contributed by atoms with Crippen molar-refractivity contribution in [3.05, 3.63) is 70.0 Å². The number of anilines is 1. The molecule has 1 fully saturated rings. The van der Waals surface area contributed by atoms with Gasteiger partial charge >= 0.3 is 6.03 Å². The molecule has 0 unspecified atom stereocenters. The van der Waals surface area contributed by atoms with E-state index < -0.39 is 0 Å². The molecule has 1 N–H and O–H groups in total. The number of amides is 3. The Morgan fingerprint density at radius 3 is 2.94 bits per heavy atom. The first kappa shape index (κ1) is 19.0. The van der Waals surface area contributed by atoms with Gasteiger partial charge in [0.05, 0.1) is 24.1 Å². The molecule has 3 heterocycles. The Hall–Kier alpha value is -3.99. The van der Waals surface area contributed by atoms with E-state index in [4.69, 9.17) is 5.26 Å². The Morgan fingerprint density at radius 1 is 1.29 bits per heavy atom. The molecule has 154 valence electrons. The molecule has 3 aliphatic rings. The fourth-order valence-corrected chi connectivity index (χ4v) is 4.10. The minimum absolute atomic E-state index is 0.138. The van der Waals surface area contributed by atoms with Gasteiger partial charge in [0, 0.05) is 37.0 Å². The molecule has 2 aromatic rings. The summed E-state index contributed by atoms with van der Waals surface area (Å²) in [6.07, 6.45) is 4.21. The zero-order valence-corrected chi connectivity index (χ0v) is 16.5. The molecule has 3 aliphatic heterocycles. The molecule has 5 rings (SSSR count). The van der Waals surface area contributed by atoms with E-state index in [9.17, 15) is 14.0 Å². The maximum Gasteiger partial charge on any atom is 0.341 e. The number of nitrogens with one attached hydrogen (secondary N) is 1. The number of halogens is 1. The highest BCUT2D eigenvalue weighted by atomic mass is 19.1. The van der Waals surface area contributed by atoms with Crippen LogP contribution in [-0.4, -0.2) is 41.2 Å². The van der Waals surface area contributed by atoms with Gasteiger partial charge in [0.15, 0.2) is 0 Å². The molecule has 7 nitrogen and oxygen atoms in total. The van der Waals surface area contributed by atoms with E-state index in [0.717, 1.165) is 11.1 Å². The second-order valence-electron chi connectivity index (χ2n) is 7.83. The van der Waals surface area contributed by atoms with Crippen LogP contribution in [0.5, 0.6) is 0 Å². The predicted octanol–water partition coefficient (Wildman–Crippen LogP) is 3.44. The Labute approximate surface area is 178 Å². The van der Waals surface area contributed by atoms with Crippen molar-refractivity contribution in [2.24, 2.45) is 5.10 Å². The number of hydrogen-bond acceptors (Lipinski definition) is 4. The van der Waals surface area contributed by atoms with Crippen molar-refractivity contribution in [1.29, 1.82) is 5.26 Å². The van der Waals surface area contributed by atoms with Crippen LogP contribution in [0.3, 0.4) is 0 Å².